The van der Waals surface area contributed by atoms with Gasteiger partial charge in [-0.1, -0.05) is 0 Å². The van der Waals surface area contributed by atoms with Crippen LogP contribution in [0.1, 0.15) is 28.7 Å². The van der Waals surface area contributed by atoms with Crippen LogP contribution in [0.15, 0.2) is 18.2 Å². The van der Waals surface area contributed by atoms with Gasteiger partial charge in [-0.25, -0.2) is 14.8 Å². The lowest BCUT2D eigenvalue weighted by atomic mass is 10.1. The highest BCUT2D eigenvalue weighted by Gasteiger charge is 2.25. The van der Waals surface area contributed by atoms with Crippen LogP contribution < -0.4 is 5.32 Å². The molecular weight excluding hydrogens is 374 g/mol. The second-order valence-corrected chi connectivity index (χ2v) is 6.85. The number of ether oxygens (including phenoxy) is 1. The smallest absolute Gasteiger partial charge is 0.409 e. The molecule has 0 bridgehead atoms. The molecule has 0 radical (unpaired) electrons. The van der Waals surface area contributed by atoms with Crippen molar-refractivity contribution in [2.45, 2.75) is 20.8 Å². The average Bonchev–Trinajstić information content (AvgIpc) is 2.72. The number of aromatic nitrogens is 2. The van der Waals surface area contributed by atoms with E-state index in [-0.39, 0.29) is 24.5 Å². The third kappa shape index (κ3) is 4.79. The zero-order valence-corrected chi connectivity index (χ0v) is 16.9. The van der Waals surface area contributed by atoms with Crippen LogP contribution in [0.5, 0.6) is 0 Å². The number of rotatable bonds is 4. The zero-order valence-electron chi connectivity index (χ0n) is 16.9. The minimum absolute atomic E-state index is 0.102. The molecule has 0 unspecified atom stereocenters. The van der Waals surface area contributed by atoms with Crippen LogP contribution >= 0.6 is 0 Å². The summed E-state index contributed by atoms with van der Waals surface area (Å²) in [5.41, 5.74) is 3.45. The zero-order chi connectivity index (χ0) is 21.0. The summed E-state index contributed by atoms with van der Waals surface area (Å²) < 4.78 is 4.97. The maximum Gasteiger partial charge on any atom is 0.409 e. The lowest BCUT2D eigenvalue weighted by molar-refractivity contribution is -0.131. The summed E-state index contributed by atoms with van der Waals surface area (Å²) in [6.45, 7) is 7.40. The predicted molar refractivity (Wildman–Crippen MR) is 107 cm³/mol. The fraction of sp³-hybridized carbons (Fsp3) is 0.450. The minimum atomic E-state index is -0.363. The second kappa shape index (κ2) is 8.85. The number of nitrogens with one attached hydrogen (secondary N) is 1. The van der Waals surface area contributed by atoms with Gasteiger partial charge in [-0.3, -0.25) is 9.59 Å². The molecule has 3 rings (SSSR count). The van der Waals surface area contributed by atoms with Gasteiger partial charge in [0.1, 0.15) is 0 Å². The van der Waals surface area contributed by atoms with Crippen molar-refractivity contribution in [2.75, 3.05) is 39.3 Å². The third-order valence-corrected chi connectivity index (χ3v) is 4.90. The molecule has 1 N–H and O–H groups in total. The molecule has 1 aromatic heterocycles. The van der Waals surface area contributed by atoms with Crippen LogP contribution in [0, 0.1) is 13.8 Å². The van der Waals surface area contributed by atoms with Crippen molar-refractivity contribution >= 4 is 28.9 Å². The van der Waals surface area contributed by atoms with Crippen molar-refractivity contribution in [3.8, 4) is 0 Å². The van der Waals surface area contributed by atoms with Crippen molar-refractivity contribution in [1.82, 2.24) is 25.1 Å². The molecule has 0 spiro atoms. The fourth-order valence-corrected chi connectivity index (χ4v) is 3.09. The normalized spacial score (nSPS) is 14.0. The van der Waals surface area contributed by atoms with E-state index in [4.69, 9.17) is 4.74 Å². The Morgan fingerprint density at radius 1 is 1.00 bits per heavy atom. The first kappa shape index (κ1) is 20.5. The molecule has 1 fully saturated rings. The summed E-state index contributed by atoms with van der Waals surface area (Å²) in [7, 11) is 0. The van der Waals surface area contributed by atoms with Crippen molar-refractivity contribution < 1.29 is 19.1 Å². The molecule has 0 atom stereocenters. The van der Waals surface area contributed by atoms with E-state index < -0.39 is 0 Å². The van der Waals surface area contributed by atoms with Gasteiger partial charge in [0.15, 0.2) is 0 Å². The summed E-state index contributed by atoms with van der Waals surface area (Å²) in [6.07, 6.45) is -0.363. The average molecular weight is 399 g/mol. The monoisotopic (exact) mass is 399 g/mol. The molecule has 1 saturated heterocycles. The van der Waals surface area contributed by atoms with Crippen LogP contribution in [0.4, 0.5) is 4.79 Å². The lowest BCUT2D eigenvalue weighted by Crippen LogP contribution is -2.52. The van der Waals surface area contributed by atoms with E-state index in [0.29, 0.717) is 43.9 Å². The van der Waals surface area contributed by atoms with E-state index in [2.05, 4.69) is 15.3 Å². The fourth-order valence-electron chi connectivity index (χ4n) is 3.09. The molecule has 2 aromatic rings. The molecule has 3 amide bonds. The number of hydrogen-bond donors (Lipinski definition) is 1. The van der Waals surface area contributed by atoms with Gasteiger partial charge in [0.2, 0.25) is 5.91 Å². The van der Waals surface area contributed by atoms with Crippen molar-refractivity contribution in [3.63, 3.8) is 0 Å². The summed E-state index contributed by atoms with van der Waals surface area (Å²) in [5.74, 6) is -0.528. The van der Waals surface area contributed by atoms with E-state index in [1.54, 1.807) is 34.9 Å². The van der Waals surface area contributed by atoms with Crippen molar-refractivity contribution in [3.05, 3.63) is 35.2 Å². The lowest BCUT2D eigenvalue weighted by Gasteiger charge is -2.34. The van der Waals surface area contributed by atoms with Gasteiger partial charge in [0.25, 0.3) is 5.91 Å². The van der Waals surface area contributed by atoms with Crippen molar-refractivity contribution in [1.29, 1.82) is 0 Å². The number of carbonyl (C=O) groups is 3. The van der Waals surface area contributed by atoms with Gasteiger partial charge in [-0.15, -0.1) is 0 Å². The Labute approximate surface area is 169 Å². The van der Waals surface area contributed by atoms with Gasteiger partial charge < -0.3 is 19.9 Å². The van der Waals surface area contributed by atoms with Crippen molar-refractivity contribution in [2.24, 2.45) is 0 Å². The van der Waals surface area contributed by atoms with E-state index in [1.807, 2.05) is 13.8 Å². The van der Waals surface area contributed by atoms with Crippen LogP contribution in [0.3, 0.4) is 0 Å². The molecule has 1 aliphatic rings. The Hall–Kier alpha value is -3.23. The quantitative estimate of drug-likeness (QED) is 0.830. The van der Waals surface area contributed by atoms with Gasteiger partial charge in [-0.05, 0) is 39.0 Å². The Morgan fingerprint density at radius 3 is 2.28 bits per heavy atom. The highest BCUT2D eigenvalue weighted by Crippen LogP contribution is 2.14. The number of aryl methyl sites for hydroxylation is 2. The van der Waals surface area contributed by atoms with Gasteiger partial charge in [0.05, 0.1) is 35.6 Å². The topological polar surface area (TPSA) is 105 Å². The second-order valence-electron chi connectivity index (χ2n) is 6.85. The number of fused-ring (bicyclic) bond motifs is 1. The molecule has 154 valence electrons. The summed E-state index contributed by atoms with van der Waals surface area (Å²) >= 11 is 0. The molecule has 1 aromatic carbocycles. The Bertz CT molecular complexity index is 938. The first-order valence-electron chi connectivity index (χ1n) is 9.61. The predicted octanol–water partition coefficient (Wildman–Crippen LogP) is 1.28. The Kier molecular flexibility index (Phi) is 6.26. The maximum atomic E-state index is 12.4. The number of carbonyl (C=O) groups excluding carboxylic acids is 3. The molecule has 29 heavy (non-hydrogen) atoms. The van der Waals surface area contributed by atoms with Gasteiger partial charge in [-0.2, -0.15) is 0 Å². The van der Waals surface area contributed by atoms with E-state index in [0.717, 1.165) is 16.9 Å². The van der Waals surface area contributed by atoms with E-state index >= 15 is 0 Å². The van der Waals surface area contributed by atoms with E-state index in [9.17, 15) is 14.4 Å². The number of benzene rings is 1. The Morgan fingerprint density at radius 2 is 1.62 bits per heavy atom. The first-order chi connectivity index (χ1) is 13.9. The Balaban J connectivity index is 1.54. The van der Waals surface area contributed by atoms with E-state index in [1.165, 1.54) is 0 Å². The first-order valence-corrected chi connectivity index (χ1v) is 9.61. The van der Waals surface area contributed by atoms with Crippen LogP contribution in [-0.2, 0) is 9.53 Å². The molecule has 0 aliphatic carbocycles. The minimum Gasteiger partial charge on any atom is -0.450 e. The standard InChI is InChI=1S/C20H25N5O4/c1-4-29-20(28)25-9-7-24(8-10-25)18(26)12-21-19(27)15-5-6-16-17(11-15)23-14(3)13(2)22-16/h5-6,11H,4,7-10,12H2,1-3H3,(H,21,27). The summed E-state index contributed by atoms with van der Waals surface area (Å²) in [6, 6.07) is 5.09. The highest BCUT2D eigenvalue weighted by molar-refractivity contribution is 5.99. The number of amides is 3. The largest absolute Gasteiger partial charge is 0.450 e. The summed E-state index contributed by atoms with van der Waals surface area (Å²) in [4.78, 5) is 48.7. The van der Waals surface area contributed by atoms with Gasteiger partial charge >= 0.3 is 6.09 Å². The molecule has 9 heteroatoms. The molecule has 9 nitrogen and oxygen atoms in total. The molecule has 0 saturated carbocycles. The third-order valence-electron chi connectivity index (χ3n) is 4.90. The molecule has 2 heterocycles. The van der Waals surface area contributed by atoms with Crippen LogP contribution in [0.25, 0.3) is 11.0 Å². The molecule has 1 aliphatic heterocycles. The van der Waals surface area contributed by atoms with Crippen LogP contribution in [-0.4, -0.2) is 77.0 Å². The molecular formula is C20H25N5O4. The number of hydrogen-bond acceptors (Lipinski definition) is 6. The summed E-state index contributed by atoms with van der Waals surface area (Å²) in [5, 5.41) is 2.66. The highest BCUT2D eigenvalue weighted by atomic mass is 16.6. The SMILES string of the molecule is CCOC(=O)N1CCN(C(=O)CNC(=O)c2ccc3nc(C)c(C)nc3c2)CC1. The number of piperazine rings is 1. The number of nitrogens with zero attached hydrogens (tertiary/aromatic N) is 4. The van der Waals surface area contributed by atoms with Gasteiger partial charge in [0, 0.05) is 31.7 Å². The van der Waals surface area contributed by atoms with Crippen LogP contribution in [0.2, 0.25) is 0 Å². The maximum absolute atomic E-state index is 12.4.